The molecule has 1 saturated heterocycles. The number of benzene rings is 1. The molecular weight excluding hydrogens is 267 g/mol. The quantitative estimate of drug-likeness (QED) is 0.845. The van der Waals surface area contributed by atoms with Gasteiger partial charge in [-0.25, -0.2) is 9.37 Å². The van der Waals surface area contributed by atoms with Crippen LogP contribution in [0.2, 0.25) is 0 Å². The number of ether oxygens (including phenoxy) is 1. The molecule has 0 amide bonds. The first-order valence-electron chi connectivity index (χ1n) is 7.21. The van der Waals surface area contributed by atoms with Gasteiger partial charge in [0.1, 0.15) is 17.7 Å². The van der Waals surface area contributed by atoms with Crippen molar-refractivity contribution in [2.45, 2.75) is 26.1 Å². The van der Waals surface area contributed by atoms with Crippen LogP contribution < -0.4 is 4.90 Å². The Morgan fingerprint density at radius 3 is 2.62 bits per heavy atom. The zero-order valence-electron chi connectivity index (χ0n) is 12.3. The summed E-state index contributed by atoms with van der Waals surface area (Å²) in [6.07, 6.45) is 0.0489. The number of aromatic nitrogens is 1. The predicted octanol–water partition coefficient (Wildman–Crippen LogP) is 3.50. The van der Waals surface area contributed by atoms with Crippen LogP contribution in [0.3, 0.4) is 0 Å². The second kappa shape index (κ2) is 5.82. The summed E-state index contributed by atoms with van der Waals surface area (Å²) in [5.41, 5.74) is 2.01. The molecule has 1 fully saturated rings. The van der Waals surface area contributed by atoms with Crippen LogP contribution >= 0.6 is 0 Å². The number of nitrogens with zero attached hydrogens (tertiary/aromatic N) is 2. The van der Waals surface area contributed by atoms with Gasteiger partial charge in [-0.3, -0.25) is 0 Å². The zero-order valence-corrected chi connectivity index (χ0v) is 12.3. The molecule has 3 rings (SSSR count). The molecule has 2 aromatic rings. The van der Waals surface area contributed by atoms with Crippen molar-refractivity contribution in [3.8, 4) is 0 Å². The summed E-state index contributed by atoms with van der Waals surface area (Å²) >= 11 is 0. The van der Waals surface area contributed by atoms with Crippen LogP contribution in [0.15, 0.2) is 42.5 Å². The smallest absolute Gasteiger partial charge is 0.128 e. The minimum Gasteiger partial charge on any atom is -0.367 e. The summed E-state index contributed by atoms with van der Waals surface area (Å²) in [4.78, 5) is 6.82. The highest BCUT2D eigenvalue weighted by atomic mass is 19.1. The fraction of sp³-hybridized carbons (Fsp3) is 0.353. The summed E-state index contributed by atoms with van der Waals surface area (Å²) in [5, 5.41) is 0. The topological polar surface area (TPSA) is 25.4 Å². The maximum Gasteiger partial charge on any atom is 0.128 e. The number of anilines is 1. The third-order valence-electron chi connectivity index (χ3n) is 3.70. The van der Waals surface area contributed by atoms with Crippen molar-refractivity contribution < 1.29 is 9.13 Å². The minimum atomic E-state index is -0.222. The molecule has 0 radical (unpaired) electrons. The number of pyridine rings is 1. The van der Waals surface area contributed by atoms with E-state index in [1.165, 1.54) is 12.1 Å². The van der Waals surface area contributed by atoms with Crippen LogP contribution in [0.5, 0.6) is 0 Å². The van der Waals surface area contributed by atoms with E-state index in [0.717, 1.165) is 30.2 Å². The standard InChI is InChI=1S/C17H19FN2O/c1-12-4-3-5-17(19-12)20-10-13(2)21-16(11-20)14-6-8-15(18)9-7-14/h3-9,13,16H,10-11H2,1-2H3. The second-order valence-electron chi connectivity index (χ2n) is 5.53. The molecule has 0 spiro atoms. The van der Waals surface area contributed by atoms with Gasteiger partial charge in [-0.1, -0.05) is 18.2 Å². The molecular formula is C17H19FN2O. The Kier molecular flexibility index (Phi) is 3.88. The second-order valence-corrected chi connectivity index (χ2v) is 5.53. The third-order valence-corrected chi connectivity index (χ3v) is 3.70. The monoisotopic (exact) mass is 286 g/mol. The van der Waals surface area contributed by atoms with E-state index >= 15 is 0 Å². The molecule has 1 aliphatic rings. The van der Waals surface area contributed by atoms with Crippen molar-refractivity contribution in [1.82, 2.24) is 4.98 Å². The van der Waals surface area contributed by atoms with E-state index in [4.69, 9.17) is 4.74 Å². The van der Waals surface area contributed by atoms with Gasteiger partial charge in [0.15, 0.2) is 0 Å². The highest BCUT2D eigenvalue weighted by Crippen LogP contribution is 2.28. The first kappa shape index (κ1) is 14.0. The molecule has 2 atom stereocenters. The maximum atomic E-state index is 13.1. The first-order valence-corrected chi connectivity index (χ1v) is 7.21. The molecule has 4 heteroatoms. The van der Waals surface area contributed by atoms with Crippen molar-refractivity contribution in [1.29, 1.82) is 0 Å². The number of morpholine rings is 1. The number of rotatable bonds is 2. The highest BCUT2D eigenvalue weighted by molar-refractivity contribution is 5.40. The Bertz CT molecular complexity index is 614. The van der Waals surface area contributed by atoms with Gasteiger partial charge in [0.25, 0.3) is 0 Å². The van der Waals surface area contributed by atoms with E-state index in [1.54, 1.807) is 12.1 Å². The zero-order chi connectivity index (χ0) is 14.8. The van der Waals surface area contributed by atoms with Gasteiger partial charge >= 0.3 is 0 Å². The van der Waals surface area contributed by atoms with E-state index in [-0.39, 0.29) is 18.0 Å². The van der Waals surface area contributed by atoms with Crippen molar-refractivity contribution in [2.24, 2.45) is 0 Å². The molecule has 2 heterocycles. The van der Waals surface area contributed by atoms with Crippen LogP contribution in [0, 0.1) is 12.7 Å². The van der Waals surface area contributed by atoms with Gasteiger partial charge in [0.2, 0.25) is 0 Å². The van der Waals surface area contributed by atoms with E-state index in [0.29, 0.717) is 0 Å². The average molecular weight is 286 g/mol. The van der Waals surface area contributed by atoms with Gasteiger partial charge in [-0.2, -0.15) is 0 Å². The normalized spacial score (nSPS) is 22.3. The van der Waals surface area contributed by atoms with E-state index in [1.807, 2.05) is 25.1 Å². The summed E-state index contributed by atoms with van der Waals surface area (Å²) in [6.45, 7) is 5.59. The lowest BCUT2D eigenvalue weighted by Gasteiger charge is -2.37. The van der Waals surface area contributed by atoms with E-state index in [2.05, 4.69) is 16.8 Å². The predicted molar refractivity (Wildman–Crippen MR) is 80.9 cm³/mol. The van der Waals surface area contributed by atoms with Gasteiger partial charge in [0.05, 0.1) is 6.10 Å². The van der Waals surface area contributed by atoms with Crippen molar-refractivity contribution in [3.05, 3.63) is 59.5 Å². The molecule has 0 N–H and O–H groups in total. The maximum absolute atomic E-state index is 13.1. The lowest BCUT2D eigenvalue weighted by molar-refractivity contribution is -0.0176. The molecule has 2 unspecified atom stereocenters. The van der Waals surface area contributed by atoms with Crippen molar-refractivity contribution >= 4 is 5.82 Å². The Morgan fingerprint density at radius 2 is 1.90 bits per heavy atom. The van der Waals surface area contributed by atoms with Crippen LogP contribution in [0.25, 0.3) is 0 Å². The summed E-state index contributed by atoms with van der Waals surface area (Å²) in [5.74, 6) is 0.747. The summed E-state index contributed by atoms with van der Waals surface area (Å²) in [6, 6.07) is 12.6. The number of hydrogen-bond acceptors (Lipinski definition) is 3. The Morgan fingerprint density at radius 1 is 1.14 bits per heavy atom. The van der Waals surface area contributed by atoms with Crippen molar-refractivity contribution in [2.75, 3.05) is 18.0 Å². The first-order chi connectivity index (χ1) is 10.1. The van der Waals surface area contributed by atoms with Crippen LogP contribution in [0.4, 0.5) is 10.2 Å². The largest absolute Gasteiger partial charge is 0.367 e. The Balaban J connectivity index is 1.83. The molecule has 3 nitrogen and oxygen atoms in total. The Hall–Kier alpha value is -1.94. The van der Waals surface area contributed by atoms with Crippen molar-refractivity contribution in [3.63, 3.8) is 0 Å². The fourth-order valence-electron chi connectivity index (χ4n) is 2.70. The van der Waals surface area contributed by atoms with Crippen LogP contribution in [-0.4, -0.2) is 24.2 Å². The third kappa shape index (κ3) is 3.22. The van der Waals surface area contributed by atoms with Crippen LogP contribution in [0.1, 0.15) is 24.3 Å². The highest BCUT2D eigenvalue weighted by Gasteiger charge is 2.27. The molecule has 0 bridgehead atoms. The van der Waals surface area contributed by atoms with E-state index in [9.17, 15) is 4.39 Å². The SMILES string of the molecule is Cc1cccc(N2CC(C)OC(c3ccc(F)cc3)C2)n1. The molecule has 0 aliphatic carbocycles. The van der Waals surface area contributed by atoms with Gasteiger partial charge in [0, 0.05) is 18.8 Å². The Labute approximate surface area is 124 Å². The molecule has 0 saturated carbocycles. The average Bonchev–Trinajstić information content (AvgIpc) is 2.47. The van der Waals surface area contributed by atoms with Gasteiger partial charge < -0.3 is 9.64 Å². The molecule has 1 aromatic heterocycles. The minimum absolute atomic E-state index is 0.0586. The van der Waals surface area contributed by atoms with Crippen LogP contribution in [-0.2, 0) is 4.74 Å². The molecule has 1 aromatic carbocycles. The van der Waals surface area contributed by atoms with Gasteiger partial charge in [-0.15, -0.1) is 0 Å². The number of hydrogen-bond donors (Lipinski definition) is 0. The van der Waals surface area contributed by atoms with E-state index < -0.39 is 0 Å². The molecule has 21 heavy (non-hydrogen) atoms. The molecule has 110 valence electrons. The summed E-state index contributed by atoms with van der Waals surface area (Å²) < 4.78 is 19.1. The van der Waals surface area contributed by atoms with Gasteiger partial charge in [-0.05, 0) is 43.7 Å². The fourth-order valence-corrected chi connectivity index (χ4v) is 2.70. The lowest BCUT2D eigenvalue weighted by atomic mass is 10.1. The lowest BCUT2D eigenvalue weighted by Crippen LogP contribution is -2.43. The molecule has 1 aliphatic heterocycles. The summed E-state index contributed by atoms with van der Waals surface area (Å²) in [7, 11) is 0. The number of halogens is 1. The number of aryl methyl sites for hydroxylation is 1.